The first kappa shape index (κ1) is 12.1. The number of rotatable bonds is 4. The van der Waals surface area contributed by atoms with Gasteiger partial charge < -0.3 is 10.1 Å². The van der Waals surface area contributed by atoms with Gasteiger partial charge in [0.1, 0.15) is 0 Å². The van der Waals surface area contributed by atoms with Crippen LogP contribution in [-0.4, -0.2) is 23.6 Å². The third-order valence-corrected chi connectivity index (χ3v) is 3.68. The van der Waals surface area contributed by atoms with Crippen molar-refractivity contribution in [1.29, 1.82) is 0 Å². The molecular formula is C13H21N3O. The number of anilines is 1. The van der Waals surface area contributed by atoms with E-state index in [2.05, 4.69) is 22.2 Å². The molecular weight excluding hydrogens is 214 g/mol. The van der Waals surface area contributed by atoms with Gasteiger partial charge in [0.2, 0.25) is 5.95 Å². The highest BCUT2D eigenvalue weighted by Crippen LogP contribution is 2.29. The molecule has 1 aromatic rings. The van der Waals surface area contributed by atoms with Crippen molar-refractivity contribution in [2.24, 2.45) is 11.8 Å². The molecule has 2 atom stereocenters. The van der Waals surface area contributed by atoms with E-state index in [-0.39, 0.29) is 0 Å². The maximum Gasteiger partial charge on any atom is 0.222 e. The van der Waals surface area contributed by atoms with Crippen LogP contribution in [0, 0.1) is 11.8 Å². The molecule has 0 aliphatic heterocycles. The molecule has 94 valence electrons. The summed E-state index contributed by atoms with van der Waals surface area (Å²) in [5.41, 5.74) is 0. The number of hydrogen-bond acceptors (Lipinski definition) is 4. The molecule has 1 aromatic heterocycles. The van der Waals surface area contributed by atoms with E-state index >= 15 is 0 Å². The van der Waals surface area contributed by atoms with Crippen LogP contribution in [0.5, 0.6) is 5.75 Å². The molecule has 1 saturated carbocycles. The van der Waals surface area contributed by atoms with Gasteiger partial charge in [0, 0.05) is 6.54 Å². The lowest BCUT2D eigenvalue weighted by Crippen LogP contribution is -2.24. The highest BCUT2D eigenvalue weighted by atomic mass is 16.5. The Hall–Kier alpha value is -1.32. The zero-order chi connectivity index (χ0) is 12.1. The molecule has 0 aromatic carbocycles. The average Bonchev–Trinajstić information content (AvgIpc) is 2.38. The quantitative estimate of drug-likeness (QED) is 0.871. The summed E-state index contributed by atoms with van der Waals surface area (Å²) in [6, 6.07) is 0. The molecule has 1 N–H and O–H groups in total. The van der Waals surface area contributed by atoms with Crippen molar-refractivity contribution in [1.82, 2.24) is 9.97 Å². The summed E-state index contributed by atoms with van der Waals surface area (Å²) in [5.74, 6) is 2.97. The maximum absolute atomic E-state index is 5.03. The predicted molar refractivity (Wildman–Crippen MR) is 68.2 cm³/mol. The fourth-order valence-electron chi connectivity index (χ4n) is 2.43. The smallest absolute Gasteiger partial charge is 0.222 e. The minimum Gasteiger partial charge on any atom is -0.494 e. The largest absolute Gasteiger partial charge is 0.494 e. The molecule has 0 amide bonds. The van der Waals surface area contributed by atoms with Gasteiger partial charge in [-0.15, -0.1) is 0 Å². The van der Waals surface area contributed by atoms with E-state index in [0.717, 1.165) is 18.4 Å². The van der Waals surface area contributed by atoms with Gasteiger partial charge in [-0.3, -0.25) is 0 Å². The summed E-state index contributed by atoms with van der Waals surface area (Å²) >= 11 is 0. The molecule has 0 radical (unpaired) electrons. The molecule has 1 fully saturated rings. The lowest BCUT2D eigenvalue weighted by atomic mass is 9.80. The van der Waals surface area contributed by atoms with E-state index in [1.165, 1.54) is 25.7 Å². The van der Waals surface area contributed by atoms with Crippen LogP contribution >= 0.6 is 0 Å². The fraction of sp³-hybridized carbons (Fsp3) is 0.692. The third-order valence-electron chi connectivity index (χ3n) is 3.68. The fourth-order valence-corrected chi connectivity index (χ4v) is 2.43. The van der Waals surface area contributed by atoms with E-state index in [4.69, 9.17) is 4.74 Å². The highest BCUT2D eigenvalue weighted by Gasteiger charge is 2.20. The number of methoxy groups -OCH3 is 1. The second-order valence-electron chi connectivity index (χ2n) is 4.85. The van der Waals surface area contributed by atoms with Crippen molar-refractivity contribution in [2.75, 3.05) is 19.0 Å². The number of nitrogens with one attached hydrogen (secondary N) is 1. The van der Waals surface area contributed by atoms with Gasteiger partial charge in [0.05, 0.1) is 19.5 Å². The van der Waals surface area contributed by atoms with Crippen molar-refractivity contribution in [2.45, 2.75) is 32.6 Å². The molecule has 1 heterocycles. The van der Waals surface area contributed by atoms with Crippen LogP contribution in [0.1, 0.15) is 32.6 Å². The van der Waals surface area contributed by atoms with Crippen molar-refractivity contribution < 1.29 is 4.74 Å². The van der Waals surface area contributed by atoms with E-state index in [1.54, 1.807) is 19.5 Å². The molecule has 2 rings (SSSR count). The van der Waals surface area contributed by atoms with Gasteiger partial charge in [-0.05, 0) is 18.3 Å². The molecule has 4 nitrogen and oxygen atoms in total. The average molecular weight is 235 g/mol. The summed E-state index contributed by atoms with van der Waals surface area (Å²) in [4.78, 5) is 8.42. The lowest BCUT2D eigenvalue weighted by Gasteiger charge is -2.28. The van der Waals surface area contributed by atoms with Gasteiger partial charge in [0.15, 0.2) is 5.75 Å². The summed E-state index contributed by atoms with van der Waals surface area (Å²) in [6.45, 7) is 3.33. The Morgan fingerprint density at radius 3 is 2.65 bits per heavy atom. The minimum atomic E-state index is 0.696. The molecule has 4 heteroatoms. The first-order chi connectivity index (χ1) is 8.29. The number of hydrogen-bond donors (Lipinski definition) is 1. The topological polar surface area (TPSA) is 47.0 Å². The van der Waals surface area contributed by atoms with Crippen molar-refractivity contribution in [3.8, 4) is 5.75 Å². The van der Waals surface area contributed by atoms with Gasteiger partial charge in [0.25, 0.3) is 0 Å². The summed E-state index contributed by atoms with van der Waals surface area (Å²) in [7, 11) is 1.62. The molecule has 2 unspecified atom stereocenters. The Kier molecular flexibility index (Phi) is 4.18. The van der Waals surface area contributed by atoms with Crippen molar-refractivity contribution in [3.63, 3.8) is 0 Å². The van der Waals surface area contributed by atoms with Gasteiger partial charge in [-0.25, -0.2) is 9.97 Å². The van der Waals surface area contributed by atoms with E-state index in [9.17, 15) is 0 Å². The normalized spacial score (nSPS) is 24.4. The van der Waals surface area contributed by atoms with E-state index < -0.39 is 0 Å². The van der Waals surface area contributed by atoms with Gasteiger partial charge >= 0.3 is 0 Å². The molecule has 1 aliphatic carbocycles. The van der Waals surface area contributed by atoms with E-state index in [0.29, 0.717) is 11.7 Å². The third kappa shape index (κ3) is 3.32. The predicted octanol–water partition coefficient (Wildman–Crippen LogP) is 2.72. The molecule has 17 heavy (non-hydrogen) atoms. The van der Waals surface area contributed by atoms with Crippen LogP contribution in [0.3, 0.4) is 0 Å². The van der Waals surface area contributed by atoms with Crippen LogP contribution in [0.15, 0.2) is 12.4 Å². The minimum absolute atomic E-state index is 0.696. The van der Waals surface area contributed by atoms with Gasteiger partial charge in [-0.2, -0.15) is 0 Å². The first-order valence-corrected chi connectivity index (χ1v) is 6.39. The Morgan fingerprint density at radius 1 is 1.29 bits per heavy atom. The second kappa shape index (κ2) is 5.84. The summed E-state index contributed by atoms with van der Waals surface area (Å²) in [5, 5.41) is 3.32. The van der Waals surface area contributed by atoms with Crippen LogP contribution in [-0.2, 0) is 0 Å². The number of nitrogens with zero attached hydrogens (tertiary/aromatic N) is 2. The molecule has 0 spiro atoms. The standard InChI is InChI=1S/C13H21N3O/c1-10-5-3-4-6-11(10)7-14-13-15-8-12(17-2)9-16-13/h8-11H,3-7H2,1-2H3,(H,14,15,16). The Morgan fingerprint density at radius 2 is 2.00 bits per heavy atom. The highest BCUT2D eigenvalue weighted by molar-refractivity contribution is 5.26. The molecule has 0 bridgehead atoms. The Balaban J connectivity index is 1.84. The van der Waals surface area contributed by atoms with Gasteiger partial charge in [-0.1, -0.05) is 26.2 Å². The Bertz CT molecular complexity index is 339. The number of aromatic nitrogens is 2. The monoisotopic (exact) mass is 235 g/mol. The SMILES string of the molecule is COc1cnc(NCC2CCCCC2C)nc1. The Labute approximate surface area is 103 Å². The zero-order valence-electron chi connectivity index (χ0n) is 10.6. The zero-order valence-corrected chi connectivity index (χ0v) is 10.6. The van der Waals surface area contributed by atoms with Crippen LogP contribution in [0.25, 0.3) is 0 Å². The molecule has 0 saturated heterocycles. The first-order valence-electron chi connectivity index (χ1n) is 6.39. The summed E-state index contributed by atoms with van der Waals surface area (Å²) < 4.78 is 5.03. The summed E-state index contributed by atoms with van der Waals surface area (Å²) in [6.07, 6.45) is 8.82. The van der Waals surface area contributed by atoms with Crippen molar-refractivity contribution in [3.05, 3.63) is 12.4 Å². The number of ether oxygens (including phenoxy) is 1. The lowest BCUT2D eigenvalue weighted by molar-refractivity contribution is 0.268. The van der Waals surface area contributed by atoms with Crippen LogP contribution < -0.4 is 10.1 Å². The maximum atomic E-state index is 5.03. The second-order valence-corrected chi connectivity index (χ2v) is 4.85. The van der Waals surface area contributed by atoms with Crippen molar-refractivity contribution >= 4 is 5.95 Å². The van der Waals surface area contributed by atoms with Crippen LogP contribution in [0.4, 0.5) is 5.95 Å². The van der Waals surface area contributed by atoms with Crippen LogP contribution in [0.2, 0.25) is 0 Å². The molecule has 1 aliphatic rings. The van der Waals surface area contributed by atoms with E-state index in [1.807, 2.05) is 0 Å².